The second kappa shape index (κ2) is 8.28. The maximum Gasteiger partial charge on any atom is 0.0934 e. The van der Waals surface area contributed by atoms with Gasteiger partial charge in [0, 0.05) is 0 Å². The highest BCUT2D eigenvalue weighted by molar-refractivity contribution is 5.03. The summed E-state index contributed by atoms with van der Waals surface area (Å²) in [5.74, 6) is 0. The number of hydrogen-bond acceptors (Lipinski definition) is 1. The van der Waals surface area contributed by atoms with Crippen LogP contribution in [0.3, 0.4) is 0 Å². The van der Waals surface area contributed by atoms with E-state index in [0.717, 1.165) is 6.42 Å². The molecule has 0 saturated heterocycles. The zero-order valence-corrected chi connectivity index (χ0v) is 6.35. The van der Waals surface area contributed by atoms with E-state index in [4.69, 9.17) is 4.42 Å². The van der Waals surface area contributed by atoms with Crippen LogP contribution in [-0.2, 0) is 6.42 Å². The van der Waals surface area contributed by atoms with Gasteiger partial charge in [-0.3, -0.25) is 0 Å². The predicted molar refractivity (Wildman–Crippen MR) is 46.2 cm³/mol. The van der Waals surface area contributed by atoms with Crippen LogP contribution < -0.4 is 0 Å². The first-order chi connectivity index (χ1) is 4.43. The molecule has 1 heteroatoms. The van der Waals surface area contributed by atoms with Crippen LogP contribution in [0, 0.1) is 0 Å². The van der Waals surface area contributed by atoms with Gasteiger partial charge in [-0.15, -0.1) is 0 Å². The number of rotatable bonds is 1. The molecular formula is C9H18O. The molecule has 60 valence electrons. The highest BCUT2D eigenvalue weighted by Gasteiger charge is 1.83. The number of hydrogen-bond donors (Lipinski definition) is 0. The highest BCUT2D eigenvalue weighted by Crippen LogP contribution is 1.98. The summed E-state index contributed by atoms with van der Waals surface area (Å²) in [6.45, 7) is 6.10. The Morgan fingerprint density at radius 3 is 2.20 bits per heavy atom. The average molecular weight is 142 g/mol. The molecule has 0 aliphatic rings. The minimum atomic E-state index is 0. The van der Waals surface area contributed by atoms with Crippen molar-refractivity contribution in [1.29, 1.82) is 0 Å². The fourth-order valence-corrected chi connectivity index (χ4v) is 0.494. The maximum absolute atomic E-state index is 4.81. The molecule has 0 aromatic carbocycles. The Labute approximate surface area is 64.1 Å². The average Bonchev–Trinajstić information content (AvgIpc) is 2.43. The van der Waals surface area contributed by atoms with Gasteiger partial charge in [0.2, 0.25) is 0 Å². The van der Waals surface area contributed by atoms with Gasteiger partial charge in [-0.05, 0) is 18.1 Å². The van der Waals surface area contributed by atoms with Gasteiger partial charge in [0.15, 0.2) is 0 Å². The Balaban J connectivity index is 0. The lowest BCUT2D eigenvalue weighted by Gasteiger charge is -1.76. The minimum absolute atomic E-state index is 0. The van der Waals surface area contributed by atoms with Crippen LogP contribution >= 0.6 is 0 Å². The molecule has 0 saturated carbocycles. The van der Waals surface area contributed by atoms with E-state index < -0.39 is 0 Å². The van der Waals surface area contributed by atoms with Gasteiger partial charge in [0.1, 0.15) is 0 Å². The van der Waals surface area contributed by atoms with Crippen molar-refractivity contribution in [3.05, 3.63) is 24.2 Å². The number of aryl methyl sites for hydroxylation is 1. The topological polar surface area (TPSA) is 13.1 Å². The van der Waals surface area contributed by atoms with Gasteiger partial charge in [0.25, 0.3) is 0 Å². The van der Waals surface area contributed by atoms with Gasteiger partial charge < -0.3 is 4.42 Å². The lowest BCUT2D eigenvalue weighted by Crippen LogP contribution is -1.66. The summed E-state index contributed by atoms with van der Waals surface area (Å²) in [5.41, 5.74) is 1.26. The Kier molecular flexibility index (Phi) is 9.94. The van der Waals surface area contributed by atoms with Crippen LogP contribution in [0.25, 0.3) is 0 Å². The van der Waals surface area contributed by atoms with Gasteiger partial charge in [-0.1, -0.05) is 28.2 Å². The summed E-state index contributed by atoms with van der Waals surface area (Å²) in [5, 5.41) is 0. The first kappa shape index (κ1) is 12.0. The molecule has 1 aromatic heterocycles. The predicted octanol–water partition coefficient (Wildman–Crippen LogP) is 3.50. The standard InChI is InChI=1S/C6H8O.C2H6.CH4/c1-2-6-3-4-7-5-6;1-2;/h3-5H,2H2,1H3;1-2H3;1H4. The first-order valence-electron chi connectivity index (χ1n) is 3.44. The molecule has 0 aliphatic carbocycles. The molecule has 0 spiro atoms. The normalized spacial score (nSPS) is 7.10. The molecule has 0 bridgehead atoms. The molecule has 0 fully saturated rings. The third-order valence-corrected chi connectivity index (χ3v) is 0.988. The molecular weight excluding hydrogens is 124 g/mol. The highest BCUT2D eigenvalue weighted by atomic mass is 16.3. The van der Waals surface area contributed by atoms with Crippen molar-refractivity contribution >= 4 is 0 Å². The van der Waals surface area contributed by atoms with E-state index in [1.165, 1.54) is 5.56 Å². The number of furan rings is 1. The molecule has 1 rings (SSSR count). The Morgan fingerprint density at radius 1 is 1.40 bits per heavy atom. The smallest absolute Gasteiger partial charge is 0.0934 e. The SMILES string of the molecule is C.CC.CCc1ccoc1. The van der Waals surface area contributed by atoms with Crippen LogP contribution in [0.2, 0.25) is 0 Å². The molecule has 0 aliphatic heterocycles. The maximum atomic E-state index is 4.81. The van der Waals surface area contributed by atoms with Crippen molar-refractivity contribution < 1.29 is 4.42 Å². The molecule has 0 amide bonds. The van der Waals surface area contributed by atoms with Crippen molar-refractivity contribution in [1.82, 2.24) is 0 Å². The summed E-state index contributed by atoms with van der Waals surface area (Å²) in [7, 11) is 0. The molecule has 1 heterocycles. The van der Waals surface area contributed by atoms with E-state index in [-0.39, 0.29) is 7.43 Å². The Hall–Kier alpha value is -0.720. The van der Waals surface area contributed by atoms with Crippen LogP contribution in [0.4, 0.5) is 0 Å². The van der Waals surface area contributed by atoms with E-state index >= 15 is 0 Å². The monoisotopic (exact) mass is 142 g/mol. The van der Waals surface area contributed by atoms with E-state index in [2.05, 4.69) is 6.92 Å². The van der Waals surface area contributed by atoms with Crippen LogP contribution in [0.15, 0.2) is 23.0 Å². The molecule has 0 atom stereocenters. The van der Waals surface area contributed by atoms with Gasteiger partial charge in [0.05, 0.1) is 12.5 Å². The third kappa shape index (κ3) is 4.19. The van der Waals surface area contributed by atoms with Crippen molar-refractivity contribution in [3.8, 4) is 0 Å². The van der Waals surface area contributed by atoms with Gasteiger partial charge in [-0.2, -0.15) is 0 Å². The second-order valence-corrected chi connectivity index (χ2v) is 1.49. The summed E-state index contributed by atoms with van der Waals surface area (Å²) in [6.07, 6.45) is 4.52. The lowest BCUT2D eigenvalue weighted by atomic mass is 10.3. The lowest BCUT2D eigenvalue weighted by molar-refractivity contribution is 0.564. The fourth-order valence-electron chi connectivity index (χ4n) is 0.494. The molecule has 0 radical (unpaired) electrons. The Morgan fingerprint density at radius 2 is 2.00 bits per heavy atom. The van der Waals surface area contributed by atoms with Crippen molar-refractivity contribution in [2.45, 2.75) is 34.6 Å². The Bertz CT molecular complexity index is 119. The van der Waals surface area contributed by atoms with Crippen LogP contribution in [-0.4, -0.2) is 0 Å². The minimum Gasteiger partial charge on any atom is -0.472 e. The van der Waals surface area contributed by atoms with E-state index in [1.54, 1.807) is 12.5 Å². The largest absolute Gasteiger partial charge is 0.472 e. The zero-order chi connectivity index (χ0) is 7.11. The third-order valence-electron chi connectivity index (χ3n) is 0.988. The zero-order valence-electron chi connectivity index (χ0n) is 6.35. The quantitative estimate of drug-likeness (QED) is 0.585. The van der Waals surface area contributed by atoms with E-state index in [9.17, 15) is 0 Å². The van der Waals surface area contributed by atoms with E-state index in [1.807, 2.05) is 19.9 Å². The van der Waals surface area contributed by atoms with Crippen molar-refractivity contribution in [3.63, 3.8) is 0 Å². The first-order valence-corrected chi connectivity index (χ1v) is 3.44. The fraction of sp³-hybridized carbons (Fsp3) is 0.556. The van der Waals surface area contributed by atoms with E-state index in [0.29, 0.717) is 0 Å². The van der Waals surface area contributed by atoms with Gasteiger partial charge >= 0.3 is 0 Å². The molecule has 0 unspecified atom stereocenters. The molecule has 0 N–H and O–H groups in total. The molecule has 1 aromatic rings. The summed E-state index contributed by atoms with van der Waals surface area (Å²) in [6, 6.07) is 1.97. The van der Waals surface area contributed by atoms with Crippen LogP contribution in [0.5, 0.6) is 0 Å². The van der Waals surface area contributed by atoms with Gasteiger partial charge in [-0.25, -0.2) is 0 Å². The summed E-state index contributed by atoms with van der Waals surface area (Å²) < 4.78 is 4.81. The second-order valence-electron chi connectivity index (χ2n) is 1.49. The van der Waals surface area contributed by atoms with Crippen LogP contribution in [0.1, 0.15) is 33.8 Å². The summed E-state index contributed by atoms with van der Waals surface area (Å²) >= 11 is 0. The van der Waals surface area contributed by atoms with Crippen molar-refractivity contribution in [2.75, 3.05) is 0 Å². The van der Waals surface area contributed by atoms with Crippen molar-refractivity contribution in [2.24, 2.45) is 0 Å². The molecule has 10 heavy (non-hydrogen) atoms. The molecule has 1 nitrogen and oxygen atoms in total. The summed E-state index contributed by atoms with van der Waals surface area (Å²) in [4.78, 5) is 0.